The Morgan fingerprint density at radius 2 is 2.00 bits per heavy atom. The summed E-state index contributed by atoms with van der Waals surface area (Å²) in [6, 6.07) is 12.9. The first kappa shape index (κ1) is 13.4. The fourth-order valence-electron chi connectivity index (χ4n) is 1.85. The van der Waals surface area contributed by atoms with Gasteiger partial charge in [-0.15, -0.1) is 0 Å². The van der Waals surface area contributed by atoms with Gasteiger partial charge in [0.2, 0.25) is 5.91 Å². The molecule has 0 aliphatic heterocycles. The van der Waals surface area contributed by atoms with Crippen molar-refractivity contribution in [1.82, 2.24) is 5.32 Å². The summed E-state index contributed by atoms with van der Waals surface area (Å²) < 4.78 is 5.38. The molecule has 1 amide bonds. The lowest BCUT2D eigenvalue weighted by molar-refractivity contribution is -0.122. The number of amides is 1. The highest BCUT2D eigenvalue weighted by Crippen LogP contribution is 2.06. The highest BCUT2D eigenvalue weighted by atomic mass is 16.3. The summed E-state index contributed by atoms with van der Waals surface area (Å²) in [7, 11) is 0. The number of carbonyl (C=O) groups is 1. The van der Waals surface area contributed by atoms with Crippen LogP contribution in [0.3, 0.4) is 0 Å². The number of hydrogen-bond donors (Lipinski definition) is 2. The molecular weight excluding hydrogens is 240 g/mol. The quantitative estimate of drug-likeness (QED) is 0.859. The van der Waals surface area contributed by atoms with Crippen molar-refractivity contribution in [2.24, 2.45) is 5.73 Å². The van der Waals surface area contributed by atoms with Gasteiger partial charge in [0.15, 0.2) is 0 Å². The smallest absolute Gasteiger partial charge is 0.237 e. The fourth-order valence-corrected chi connectivity index (χ4v) is 1.85. The van der Waals surface area contributed by atoms with E-state index in [2.05, 4.69) is 5.32 Å². The molecule has 1 aromatic heterocycles. The molecule has 0 saturated heterocycles. The van der Waals surface area contributed by atoms with Crippen molar-refractivity contribution in [3.05, 3.63) is 59.5 Å². The van der Waals surface area contributed by atoms with Gasteiger partial charge >= 0.3 is 0 Å². The molecule has 3 N–H and O–H groups in total. The lowest BCUT2D eigenvalue weighted by Gasteiger charge is -2.11. The number of furan rings is 1. The summed E-state index contributed by atoms with van der Waals surface area (Å²) >= 11 is 0. The van der Waals surface area contributed by atoms with Gasteiger partial charge in [0.25, 0.3) is 0 Å². The summed E-state index contributed by atoms with van der Waals surface area (Å²) in [5.74, 6) is 1.40. The van der Waals surface area contributed by atoms with Crippen LogP contribution in [0.4, 0.5) is 0 Å². The third-order valence-corrected chi connectivity index (χ3v) is 2.87. The van der Waals surface area contributed by atoms with Crippen molar-refractivity contribution in [3.8, 4) is 0 Å². The fraction of sp³-hybridized carbons (Fsp3) is 0.267. The summed E-state index contributed by atoms with van der Waals surface area (Å²) in [5.41, 5.74) is 6.93. The van der Waals surface area contributed by atoms with Gasteiger partial charge in [-0.2, -0.15) is 0 Å². The Morgan fingerprint density at radius 1 is 1.26 bits per heavy atom. The summed E-state index contributed by atoms with van der Waals surface area (Å²) in [6.07, 6.45) is 0.532. The van der Waals surface area contributed by atoms with E-state index in [-0.39, 0.29) is 5.91 Å². The zero-order valence-electron chi connectivity index (χ0n) is 10.9. The predicted molar refractivity (Wildman–Crippen MR) is 73.4 cm³/mol. The minimum Gasteiger partial charge on any atom is -0.465 e. The Bertz CT molecular complexity index is 534. The van der Waals surface area contributed by atoms with Gasteiger partial charge in [-0.05, 0) is 31.0 Å². The number of nitrogens with two attached hydrogens (primary N) is 1. The normalized spacial score (nSPS) is 12.1. The van der Waals surface area contributed by atoms with Crippen LogP contribution in [0.5, 0.6) is 0 Å². The second kappa shape index (κ2) is 6.20. The number of nitrogens with one attached hydrogen (secondary N) is 1. The van der Waals surface area contributed by atoms with E-state index in [9.17, 15) is 4.79 Å². The average Bonchev–Trinajstić information content (AvgIpc) is 2.83. The summed E-state index contributed by atoms with van der Waals surface area (Å²) in [5, 5.41) is 2.77. The third kappa shape index (κ3) is 3.96. The molecule has 2 aromatic rings. The topological polar surface area (TPSA) is 68.3 Å². The molecule has 0 spiro atoms. The van der Waals surface area contributed by atoms with Crippen molar-refractivity contribution in [3.63, 3.8) is 0 Å². The number of rotatable bonds is 5. The molecule has 0 fully saturated rings. The summed E-state index contributed by atoms with van der Waals surface area (Å²) in [6.45, 7) is 2.24. The van der Waals surface area contributed by atoms with Gasteiger partial charge in [-0.25, -0.2) is 0 Å². The molecule has 100 valence electrons. The lowest BCUT2D eigenvalue weighted by atomic mass is 10.1. The van der Waals surface area contributed by atoms with Gasteiger partial charge in [0.1, 0.15) is 11.5 Å². The van der Waals surface area contributed by atoms with E-state index in [0.717, 1.165) is 17.1 Å². The Balaban J connectivity index is 1.82. The molecule has 2 rings (SSSR count). The lowest BCUT2D eigenvalue weighted by Crippen LogP contribution is -2.41. The number of hydrogen-bond acceptors (Lipinski definition) is 3. The van der Waals surface area contributed by atoms with Crippen LogP contribution in [0.15, 0.2) is 46.9 Å². The highest BCUT2D eigenvalue weighted by molar-refractivity contribution is 5.81. The van der Waals surface area contributed by atoms with Crippen LogP contribution >= 0.6 is 0 Å². The van der Waals surface area contributed by atoms with Crippen molar-refractivity contribution in [1.29, 1.82) is 0 Å². The number of carbonyl (C=O) groups excluding carboxylic acids is 1. The zero-order valence-corrected chi connectivity index (χ0v) is 10.9. The van der Waals surface area contributed by atoms with E-state index in [4.69, 9.17) is 10.2 Å². The number of benzene rings is 1. The largest absolute Gasteiger partial charge is 0.465 e. The first-order chi connectivity index (χ1) is 9.15. The van der Waals surface area contributed by atoms with E-state index >= 15 is 0 Å². The number of aryl methyl sites for hydroxylation is 1. The average molecular weight is 258 g/mol. The molecule has 1 unspecified atom stereocenters. The van der Waals surface area contributed by atoms with E-state index in [1.807, 2.05) is 49.4 Å². The van der Waals surface area contributed by atoms with Gasteiger partial charge in [0, 0.05) is 0 Å². The van der Waals surface area contributed by atoms with Crippen LogP contribution in [0.1, 0.15) is 17.1 Å². The first-order valence-electron chi connectivity index (χ1n) is 6.27. The Labute approximate surface area is 112 Å². The standard InChI is InChI=1S/C15H18N2O2/c1-11-7-8-13(19-11)10-17-15(18)14(16)9-12-5-3-2-4-6-12/h2-8,14H,9-10,16H2,1H3,(H,17,18). The van der Waals surface area contributed by atoms with E-state index in [1.165, 1.54) is 0 Å². The molecule has 0 aliphatic carbocycles. The zero-order chi connectivity index (χ0) is 13.7. The van der Waals surface area contributed by atoms with E-state index < -0.39 is 6.04 Å². The Morgan fingerprint density at radius 3 is 2.63 bits per heavy atom. The molecule has 1 heterocycles. The van der Waals surface area contributed by atoms with Crippen LogP contribution in [-0.4, -0.2) is 11.9 Å². The SMILES string of the molecule is Cc1ccc(CNC(=O)C(N)Cc2ccccc2)o1. The maximum Gasteiger partial charge on any atom is 0.237 e. The molecule has 1 aromatic carbocycles. The Hall–Kier alpha value is -2.07. The molecule has 19 heavy (non-hydrogen) atoms. The van der Waals surface area contributed by atoms with Gasteiger partial charge in [-0.1, -0.05) is 30.3 Å². The van der Waals surface area contributed by atoms with Crippen molar-refractivity contribution in [2.75, 3.05) is 0 Å². The maximum atomic E-state index is 11.8. The van der Waals surface area contributed by atoms with Crippen LogP contribution < -0.4 is 11.1 Å². The van der Waals surface area contributed by atoms with Crippen molar-refractivity contribution < 1.29 is 9.21 Å². The molecular formula is C15H18N2O2. The van der Waals surface area contributed by atoms with Crippen LogP contribution in [0.25, 0.3) is 0 Å². The third-order valence-electron chi connectivity index (χ3n) is 2.87. The summed E-state index contributed by atoms with van der Waals surface area (Å²) in [4.78, 5) is 11.8. The minimum absolute atomic E-state index is 0.169. The van der Waals surface area contributed by atoms with Crippen molar-refractivity contribution >= 4 is 5.91 Å². The Kier molecular flexibility index (Phi) is 4.36. The van der Waals surface area contributed by atoms with Gasteiger partial charge in [-0.3, -0.25) is 4.79 Å². The maximum absolute atomic E-state index is 11.8. The minimum atomic E-state index is -0.543. The van der Waals surface area contributed by atoms with E-state index in [1.54, 1.807) is 0 Å². The second-order valence-electron chi connectivity index (χ2n) is 4.53. The molecule has 0 aliphatic rings. The molecule has 0 bridgehead atoms. The predicted octanol–water partition coefficient (Wildman–Crippen LogP) is 1.77. The van der Waals surface area contributed by atoms with Gasteiger partial charge in [0.05, 0.1) is 12.6 Å². The molecule has 4 nitrogen and oxygen atoms in total. The highest BCUT2D eigenvalue weighted by Gasteiger charge is 2.14. The van der Waals surface area contributed by atoms with Gasteiger partial charge < -0.3 is 15.5 Å². The molecule has 4 heteroatoms. The van der Waals surface area contributed by atoms with Crippen molar-refractivity contribution in [2.45, 2.75) is 25.9 Å². The molecule has 1 atom stereocenters. The first-order valence-corrected chi connectivity index (χ1v) is 6.27. The van der Waals surface area contributed by atoms with E-state index in [0.29, 0.717) is 13.0 Å². The monoisotopic (exact) mass is 258 g/mol. The van der Waals surface area contributed by atoms with Crippen LogP contribution in [0.2, 0.25) is 0 Å². The van der Waals surface area contributed by atoms with Crippen LogP contribution in [0, 0.1) is 6.92 Å². The molecule has 0 saturated carbocycles. The molecule has 0 radical (unpaired) electrons. The second-order valence-corrected chi connectivity index (χ2v) is 4.53. The van der Waals surface area contributed by atoms with Crippen LogP contribution in [-0.2, 0) is 17.8 Å².